The molecule has 3 aromatic rings. The minimum absolute atomic E-state index is 0.0216. The highest BCUT2D eigenvalue weighted by Gasteiger charge is 2.21. The summed E-state index contributed by atoms with van der Waals surface area (Å²) >= 11 is 1.10. The van der Waals surface area contributed by atoms with Gasteiger partial charge >= 0.3 is 5.97 Å². The number of nitrogens with one attached hydrogen (secondary N) is 2. The Morgan fingerprint density at radius 3 is 2.17 bits per heavy atom. The predicted molar refractivity (Wildman–Crippen MR) is 134 cm³/mol. The molecule has 9 nitrogen and oxygen atoms in total. The molecule has 0 saturated heterocycles. The van der Waals surface area contributed by atoms with E-state index in [1.807, 2.05) is 0 Å². The van der Waals surface area contributed by atoms with Gasteiger partial charge in [0.05, 0.1) is 16.2 Å². The van der Waals surface area contributed by atoms with Crippen LogP contribution < -0.4 is 15.8 Å². The standard InChI is InChI=1S/C24H22FN3O6S2/c1-15(23(30)28-18-10-12-19(13-11-18)36(26,32)33)34-24(31)20-4-2-3-5-21(20)35-14-22(29)27-17-8-6-16(25)7-9-17/h2-13,15H,14H2,1H3,(H,27,29)(H,28,30)(H2,26,32,33). The number of hydrogen-bond acceptors (Lipinski definition) is 7. The van der Waals surface area contributed by atoms with Gasteiger partial charge in [-0.3, -0.25) is 9.59 Å². The van der Waals surface area contributed by atoms with Crippen LogP contribution in [0.15, 0.2) is 82.6 Å². The van der Waals surface area contributed by atoms with Crippen molar-refractivity contribution in [2.24, 2.45) is 5.14 Å². The lowest BCUT2D eigenvalue weighted by Gasteiger charge is -2.15. The lowest BCUT2D eigenvalue weighted by atomic mass is 10.2. The summed E-state index contributed by atoms with van der Waals surface area (Å²) in [4.78, 5) is 37.8. The number of nitrogens with two attached hydrogens (primary N) is 1. The molecule has 0 heterocycles. The van der Waals surface area contributed by atoms with Crippen molar-refractivity contribution in [3.63, 3.8) is 0 Å². The van der Waals surface area contributed by atoms with Crippen molar-refractivity contribution in [1.29, 1.82) is 0 Å². The van der Waals surface area contributed by atoms with Gasteiger partial charge in [0.15, 0.2) is 6.10 Å². The van der Waals surface area contributed by atoms with Crippen LogP contribution in [0.1, 0.15) is 17.3 Å². The molecule has 0 saturated carbocycles. The largest absolute Gasteiger partial charge is 0.449 e. The summed E-state index contributed by atoms with van der Waals surface area (Å²) in [6.45, 7) is 1.39. The molecular formula is C24H22FN3O6S2. The van der Waals surface area contributed by atoms with Gasteiger partial charge < -0.3 is 15.4 Å². The fraction of sp³-hybridized carbons (Fsp3) is 0.125. The highest BCUT2D eigenvalue weighted by atomic mass is 32.2. The van der Waals surface area contributed by atoms with E-state index in [1.54, 1.807) is 18.2 Å². The van der Waals surface area contributed by atoms with Gasteiger partial charge in [-0.05, 0) is 67.6 Å². The van der Waals surface area contributed by atoms with Gasteiger partial charge in [0.25, 0.3) is 5.91 Å². The molecular weight excluding hydrogens is 509 g/mol. The van der Waals surface area contributed by atoms with Gasteiger partial charge in [0.1, 0.15) is 5.82 Å². The molecule has 0 fully saturated rings. The molecule has 1 unspecified atom stereocenters. The van der Waals surface area contributed by atoms with Gasteiger partial charge in [-0.25, -0.2) is 22.7 Å². The third-order valence-electron chi connectivity index (χ3n) is 4.70. The highest BCUT2D eigenvalue weighted by molar-refractivity contribution is 8.00. The van der Waals surface area contributed by atoms with Gasteiger partial charge in [-0.15, -0.1) is 11.8 Å². The first-order valence-electron chi connectivity index (χ1n) is 10.4. The van der Waals surface area contributed by atoms with E-state index in [-0.39, 0.29) is 22.1 Å². The van der Waals surface area contributed by atoms with Crippen molar-refractivity contribution in [2.75, 3.05) is 16.4 Å². The highest BCUT2D eigenvalue weighted by Crippen LogP contribution is 2.24. The minimum atomic E-state index is -3.87. The molecule has 0 aromatic heterocycles. The topological polar surface area (TPSA) is 145 Å². The molecule has 0 aliphatic heterocycles. The molecule has 2 amide bonds. The Hall–Kier alpha value is -3.74. The second-order valence-electron chi connectivity index (χ2n) is 7.45. The molecule has 3 aromatic carbocycles. The molecule has 0 spiro atoms. The van der Waals surface area contributed by atoms with E-state index < -0.39 is 33.8 Å². The van der Waals surface area contributed by atoms with Crippen LogP contribution >= 0.6 is 11.8 Å². The van der Waals surface area contributed by atoms with Crippen LogP contribution in [0.4, 0.5) is 15.8 Å². The second-order valence-corrected chi connectivity index (χ2v) is 10.0. The number of sulfonamides is 1. The molecule has 0 aliphatic rings. The smallest absolute Gasteiger partial charge is 0.340 e. The Bertz CT molecular complexity index is 1360. The number of benzene rings is 3. The average molecular weight is 532 g/mol. The molecule has 4 N–H and O–H groups in total. The Kier molecular flexibility index (Phi) is 8.80. The number of ether oxygens (including phenoxy) is 1. The van der Waals surface area contributed by atoms with E-state index in [1.165, 1.54) is 61.5 Å². The van der Waals surface area contributed by atoms with Crippen LogP contribution in [0.3, 0.4) is 0 Å². The summed E-state index contributed by atoms with van der Waals surface area (Å²) in [6.07, 6.45) is -1.17. The van der Waals surface area contributed by atoms with Crippen LogP contribution in [0.5, 0.6) is 0 Å². The van der Waals surface area contributed by atoms with Gasteiger partial charge in [-0.1, -0.05) is 12.1 Å². The number of carbonyl (C=O) groups is 3. The van der Waals surface area contributed by atoms with Gasteiger partial charge in [0.2, 0.25) is 15.9 Å². The number of hydrogen-bond donors (Lipinski definition) is 3. The Morgan fingerprint density at radius 1 is 0.944 bits per heavy atom. The lowest BCUT2D eigenvalue weighted by Crippen LogP contribution is -2.30. The monoisotopic (exact) mass is 531 g/mol. The van der Waals surface area contributed by atoms with Crippen molar-refractivity contribution in [3.8, 4) is 0 Å². The van der Waals surface area contributed by atoms with Crippen LogP contribution in [0, 0.1) is 5.82 Å². The number of halogens is 1. The second kappa shape index (κ2) is 11.8. The van der Waals surface area contributed by atoms with E-state index in [0.29, 0.717) is 16.3 Å². The fourth-order valence-electron chi connectivity index (χ4n) is 2.88. The Balaban J connectivity index is 1.57. The maximum absolute atomic E-state index is 13.0. The number of anilines is 2. The zero-order chi connectivity index (χ0) is 26.3. The van der Waals surface area contributed by atoms with Crippen LogP contribution in [0.25, 0.3) is 0 Å². The number of thioether (sulfide) groups is 1. The third-order valence-corrected chi connectivity index (χ3v) is 6.70. The minimum Gasteiger partial charge on any atom is -0.449 e. The number of amides is 2. The first-order valence-corrected chi connectivity index (χ1v) is 13.0. The molecule has 188 valence electrons. The summed E-state index contributed by atoms with van der Waals surface area (Å²) in [5, 5.41) is 10.2. The first-order chi connectivity index (χ1) is 17.0. The summed E-state index contributed by atoms with van der Waals surface area (Å²) < 4.78 is 41.0. The summed E-state index contributed by atoms with van der Waals surface area (Å²) in [5.74, 6) is -2.18. The molecule has 0 aliphatic carbocycles. The fourth-order valence-corrected chi connectivity index (χ4v) is 4.24. The number of rotatable bonds is 9. The average Bonchev–Trinajstić information content (AvgIpc) is 2.84. The lowest BCUT2D eigenvalue weighted by molar-refractivity contribution is -0.123. The van der Waals surface area contributed by atoms with Crippen LogP contribution in [-0.2, 0) is 24.3 Å². The van der Waals surface area contributed by atoms with E-state index in [2.05, 4.69) is 10.6 Å². The number of esters is 1. The normalized spacial score (nSPS) is 11.9. The van der Waals surface area contributed by atoms with Crippen molar-refractivity contribution in [3.05, 3.63) is 84.2 Å². The van der Waals surface area contributed by atoms with Crippen molar-refractivity contribution < 1.29 is 31.9 Å². The Labute approximate surface area is 211 Å². The van der Waals surface area contributed by atoms with Crippen LogP contribution in [0.2, 0.25) is 0 Å². The van der Waals surface area contributed by atoms with Gasteiger partial charge in [0, 0.05) is 16.3 Å². The molecule has 12 heteroatoms. The van der Waals surface area contributed by atoms with Gasteiger partial charge in [-0.2, -0.15) is 0 Å². The summed E-state index contributed by atoms with van der Waals surface area (Å²) in [6, 6.07) is 17.0. The van der Waals surface area contributed by atoms with E-state index >= 15 is 0 Å². The predicted octanol–water partition coefficient (Wildman–Crippen LogP) is 3.39. The van der Waals surface area contributed by atoms with E-state index in [0.717, 1.165) is 11.8 Å². The molecule has 0 radical (unpaired) electrons. The number of primary sulfonamides is 1. The maximum Gasteiger partial charge on any atom is 0.340 e. The zero-order valence-corrected chi connectivity index (χ0v) is 20.6. The molecule has 1 atom stereocenters. The van der Waals surface area contributed by atoms with Crippen molar-refractivity contribution in [2.45, 2.75) is 22.8 Å². The van der Waals surface area contributed by atoms with E-state index in [9.17, 15) is 27.2 Å². The first kappa shape index (κ1) is 26.9. The number of carbonyl (C=O) groups excluding carboxylic acids is 3. The quantitative estimate of drug-likeness (QED) is 0.283. The third kappa shape index (κ3) is 7.63. The zero-order valence-electron chi connectivity index (χ0n) is 18.9. The van der Waals surface area contributed by atoms with Crippen molar-refractivity contribution in [1.82, 2.24) is 0 Å². The molecule has 36 heavy (non-hydrogen) atoms. The van der Waals surface area contributed by atoms with Crippen molar-refractivity contribution >= 4 is 50.9 Å². The van der Waals surface area contributed by atoms with E-state index in [4.69, 9.17) is 9.88 Å². The summed E-state index contributed by atoms with van der Waals surface area (Å²) in [5.41, 5.74) is 0.904. The Morgan fingerprint density at radius 2 is 1.53 bits per heavy atom. The summed E-state index contributed by atoms with van der Waals surface area (Å²) in [7, 11) is -3.87. The SMILES string of the molecule is CC(OC(=O)c1ccccc1SCC(=O)Nc1ccc(F)cc1)C(=O)Nc1ccc(S(N)(=O)=O)cc1. The molecule has 3 rings (SSSR count). The maximum atomic E-state index is 13.0. The van der Waals surface area contributed by atoms with Crippen LogP contribution in [-0.4, -0.2) is 38.1 Å². The molecule has 0 bridgehead atoms.